The van der Waals surface area contributed by atoms with Gasteiger partial charge in [0.2, 0.25) is 35.4 Å². The SMILES string of the molecule is CC(C)C[C@H](NC(=O)[C@@H](NC(=O)[C@@H](NC(=O)[C@@H](NC(=O)[C@@H](N)CC(N)=O)[C@@H](C)O)C(C)C)C(C)C)C(=O)NCC(=O)O. The molecule has 0 aromatic rings. The van der Waals surface area contributed by atoms with Crippen LogP contribution >= 0.6 is 0 Å². The number of nitrogens with two attached hydrogens (primary N) is 2. The zero-order valence-corrected chi connectivity index (χ0v) is 25.2. The van der Waals surface area contributed by atoms with E-state index in [1.165, 1.54) is 6.92 Å². The fourth-order valence-electron chi connectivity index (χ4n) is 3.78. The molecule has 16 heteroatoms. The van der Waals surface area contributed by atoms with E-state index in [2.05, 4.69) is 26.6 Å². The topological polar surface area (TPSA) is 272 Å². The molecule has 0 saturated carbocycles. The average molecular weight is 602 g/mol. The molecule has 0 bridgehead atoms. The van der Waals surface area contributed by atoms with E-state index >= 15 is 0 Å². The van der Waals surface area contributed by atoms with Gasteiger partial charge in [-0.05, 0) is 31.1 Å². The highest BCUT2D eigenvalue weighted by molar-refractivity contribution is 5.97. The number of nitrogens with one attached hydrogen (secondary N) is 5. The Morgan fingerprint density at radius 1 is 0.667 bits per heavy atom. The van der Waals surface area contributed by atoms with Crippen molar-refractivity contribution >= 4 is 41.4 Å². The fraction of sp³-hybridized carbons (Fsp3) is 0.731. The van der Waals surface area contributed by atoms with E-state index < -0.39 is 103 Å². The maximum atomic E-state index is 13.3. The van der Waals surface area contributed by atoms with Crippen LogP contribution in [0.1, 0.15) is 61.3 Å². The molecule has 0 aromatic carbocycles. The molecule has 0 aromatic heterocycles. The Morgan fingerprint density at radius 3 is 1.48 bits per heavy atom. The summed E-state index contributed by atoms with van der Waals surface area (Å²) in [5, 5.41) is 31.1. The van der Waals surface area contributed by atoms with Gasteiger partial charge in [0.15, 0.2) is 0 Å². The molecule has 0 radical (unpaired) electrons. The lowest BCUT2D eigenvalue weighted by atomic mass is 9.98. The van der Waals surface area contributed by atoms with E-state index in [-0.39, 0.29) is 12.3 Å². The molecule has 0 aliphatic rings. The molecular weight excluding hydrogens is 554 g/mol. The number of carboxylic acid groups (broad SMARTS) is 1. The van der Waals surface area contributed by atoms with Crippen molar-refractivity contribution < 1.29 is 43.8 Å². The second kappa shape index (κ2) is 17.9. The molecule has 6 atom stereocenters. The second-order valence-electron chi connectivity index (χ2n) is 11.3. The molecule has 42 heavy (non-hydrogen) atoms. The second-order valence-corrected chi connectivity index (χ2v) is 11.3. The Balaban J connectivity index is 5.75. The van der Waals surface area contributed by atoms with Crippen LogP contribution in [0.3, 0.4) is 0 Å². The molecule has 0 fully saturated rings. The van der Waals surface area contributed by atoms with Gasteiger partial charge in [-0.2, -0.15) is 0 Å². The zero-order valence-electron chi connectivity index (χ0n) is 25.2. The van der Waals surface area contributed by atoms with Gasteiger partial charge in [-0.1, -0.05) is 41.5 Å². The lowest BCUT2D eigenvalue weighted by Crippen LogP contribution is -2.62. The Labute approximate surface area is 245 Å². The van der Waals surface area contributed by atoms with E-state index in [0.29, 0.717) is 0 Å². The summed E-state index contributed by atoms with van der Waals surface area (Å²) in [5.41, 5.74) is 10.6. The molecule has 6 amide bonds. The molecule has 0 aliphatic carbocycles. The van der Waals surface area contributed by atoms with Gasteiger partial charge in [-0.3, -0.25) is 33.6 Å². The Kier molecular flexibility index (Phi) is 16.3. The average Bonchev–Trinajstić information content (AvgIpc) is 2.85. The van der Waals surface area contributed by atoms with Gasteiger partial charge in [0.25, 0.3) is 0 Å². The third kappa shape index (κ3) is 13.7. The van der Waals surface area contributed by atoms with Crippen molar-refractivity contribution in [3.05, 3.63) is 0 Å². The van der Waals surface area contributed by atoms with Crippen molar-refractivity contribution in [1.82, 2.24) is 26.6 Å². The highest BCUT2D eigenvalue weighted by Crippen LogP contribution is 2.10. The molecule has 0 spiro atoms. The van der Waals surface area contributed by atoms with Crippen LogP contribution in [-0.4, -0.2) is 94.5 Å². The number of hydrogen-bond acceptors (Lipinski definition) is 9. The summed E-state index contributed by atoms with van der Waals surface area (Å²) in [6, 6.07) is -6.31. The third-order valence-electron chi connectivity index (χ3n) is 6.07. The first-order valence-corrected chi connectivity index (χ1v) is 13.7. The number of carbonyl (C=O) groups excluding carboxylic acids is 6. The van der Waals surface area contributed by atoms with Gasteiger partial charge in [-0.25, -0.2) is 0 Å². The minimum Gasteiger partial charge on any atom is -0.480 e. The lowest BCUT2D eigenvalue weighted by molar-refractivity contribution is -0.139. The van der Waals surface area contributed by atoms with Crippen LogP contribution in [0.15, 0.2) is 0 Å². The molecule has 0 aliphatic heterocycles. The predicted molar refractivity (Wildman–Crippen MR) is 151 cm³/mol. The summed E-state index contributed by atoms with van der Waals surface area (Å²) in [4.78, 5) is 86.2. The Bertz CT molecular complexity index is 985. The molecular formula is C26H47N7O9. The van der Waals surface area contributed by atoms with Crippen LogP contribution in [-0.2, 0) is 33.6 Å². The van der Waals surface area contributed by atoms with E-state index in [1.807, 2.05) is 13.8 Å². The highest BCUT2D eigenvalue weighted by atomic mass is 16.4. The number of aliphatic hydroxyl groups excluding tert-OH is 1. The van der Waals surface area contributed by atoms with Crippen molar-refractivity contribution in [2.24, 2.45) is 29.2 Å². The minimum absolute atomic E-state index is 0.0359. The molecule has 11 N–H and O–H groups in total. The quantitative estimate of drug-likeness (QED) is 0.0771. The first-order chi connectivity index (χ1) is 19.3. The summed E-state index contributed by atoms with van der Waals surface area (Å²) < 4.78 is 0. The Hall–Kier alpha value is -3.79. The highest BCUT2D eigenvalue weighted by Gasteiger charge is 2.35. The number of aliphatic carboxylic acids is 1. The van der Waals surface area contributed by atoms with Crippen LogP contribution in [0.25, 0.3) is 0 Å². The van der Waals surface area contributed by atoms with Crippen LogP contribution in [0.4, 0.5) is 0 Å². The van der Waals surface area contributed by atoms with E-state index in [1.54, 1.807) is 27.7 Å². The first kappa shape index (κ1) is 38.2. The van der Waals surface area contributed by atoms with Crippen molar-refractivity contribution in [2.45, 2.75) is 97.6 Å². The molecule has 0 saturated heterocycles. The van der Waals surface area contributed by atoms with Gasteiger partial charge in [0.1, 0.15) is 30.7 Å². The van der Waals surface area contributed by atoms with Gasteiger partial charge < -0.3 is 48.3 Å². The molecule has 0 heterocycles. The van der Waals surface area contributed by atoms with Crippen LogP contribution in [0.2, 0.25) is 0 Å². The smallest absolute Gasteiger partial charge is 0.322 e. The molecule has 0 rings (SSSR count). The van der Waals surface area contributed by atoms with E-state index in [0.717, 1.165) is 0 Å². The van der Waals surface area contributed by atoms with Crippen molar-refractivity contribution in [1.29, 1.82) is 0 Å². The van der Waals surface area contributed by atoms with Crippen molar-refractivity contribution in [3.8, 4) is 0 Å². The normalized spacial score (nSPS) is 15.5. The lowest BCUT2D eigenvalue weighted by Gasteiger charge is -2.30. The molecule has 16 nitrogen and oxygen atoms in total. The number of rotatable bonds is 18. The largest absolute Gasteiger partial charge is 0.480 e. The summed E-state index contributed by atoms with van der Waals surface area (Å²) in [6.45, 7) is 10.8. The number of hydrogen-bond donors (Lipinski definition) is 9. The van der Waals surface area contributed by atoms with E-state index in [4.69, 9.17) is 16.6 Å². The van der Waals surface area contributed by atoms with Gasteiger partial charge >= 0.3 is 5.97 Å². The van der Waals surface area contributed by atoms with Gasteiger partial charge in [0, 0.05) is 0 Å². The number of carbonyl (C=O) groups is 7. The summed E-state index contributed by atoms with van der Waals surface area (Å²) in [7, 11) is 0. The summed E-state index contributed by atoms with van der Waals surface area (Å²) in [6.07, 6.45) is -1.70. The third-order valence-corrected chi connectivity index (χ3v) is 6.07. The zero-order chi connectivity index (χ0) is 32.9. The van der Waals surface area contributed by atoms with Crippen molar-refractivity contribution in [3.63, 3.8) is 0 Å². The minimum atomic E-state index is -1.53. The van der Waals surface area contributed by atoms with Crippen molar-refractivity contribution in [2.75, 3.05) is 6.54 Å². The van der Waals surface area contributed by atoms with E-state index in [9.17, 15) is 38.7 Å². The van der Waals surface area contributed by atoms with Gasteiger partial charge in [0.05, 0.1) is 18.6 Å². The monoisotopic (exact) mass is 601 g/mol. The number of aliphatic hydroxyl groups is 1. The fourth-order valence-corrected chi connectivity index (χ4v) is 3.78. The van der Waals surface area contributed by atoms with Crippen LogP contribution in [0, 0.1) is 17.8 Å². The van der Waals surface area contributed by atoms with Crippen LogP contribution < -0.4 is 38.1 Å². The summed E-state index contributed by atoms with van der Waals surface area (Å²) >= 11 is 0. The Morgan fingerprint density at radius 2 is 1.10 bits per heavy atom. The number of carboxylic acids is 1. The predicted octanol–water partition coefficient (Wildman–Crippen LogP) is -2.93. The molecule has 240 valence electrons. The number of amides is 6. The number of primary amides is 1. The van der Waals surface area contributed by atoms with Gasteiger partial charge in [-0.15, -0.1) is 0 Å². The molecule has 0 unspecified atom stereocenters. The first-order valence-electron chi connectivity index (χ1n) is 13.7. The van der Waals surface area contributed by atoms with Crippen LogP contribution in [0.5, 0.6) is 0 Å². The summed E-state index contributed by atoms with van der Waals surface area (Å²) in [5.74, 6) is -7.07. The maximum absolute atomic E-state index is 13.3. The standard InChI is InChI=1S/C26H47N7O9/c1-11(2)8-16(23(39)29-10-18(36)37)30-24(40)19(12(3)4)31-25(41)20(13(5)6)32-26(42)21(14(7)34)33-22(38)15(27)9-17(28)35/h11-16,19-21,34H,8-10,27H2,1-7H3,(H2,28,35)(H,29,39)(H,30,40)(H,31,41)(H,32,42)(H,33,38)(H,36,37)/t14-,15+,16+,19+,20+,21+/m1/s1. The maximum Gasteiger partial charge on any atom is 0.322 e.